The number of hydrogen-bond acceptors (Lipinski definition) is 3. The van der Waals surface area contributed by atoms with E-state index in [0.717, 1.165) is 0 Å². The highest BCUT2D eigenvalue weighted by atomic mass is 79.9. The minimum atomic E-state index is -0.355. The van der Waals surface area contributed by atoms with Crippen LogP contribution >= 0.6 is 15.9 Å². The summed E-state index contributed by atoms with van der Waals surface area (Å²) >= 11 is 3.09. The van der Waals surface area contributed by atoms with Crippen LogP contribution in [0.4, 0.5) is 10.1 Å². The highest BCUT2D eigenvalue weighted by Crippen LogP contribution is 2.25. The van der Waals surface area contributed by atoms with Crippen molar-refractivity contribution in [2.24, 2.45) is 11.7 Å². The number of aryl methyl sites for hydroxylation is 1. The zero-order chi connectivity index (χ0) is 13.3. The highest BCUT2D eigenvalue weighted by molar-refractivity contribution is 9.10. The monoisotopic (exact) mass is 316 g/mol. The molecule has 1 aromatic carbocycles. The van der Waals surface area contributed by atoms with Gasteiger partial charge in [0.05, 0.1) is 23.6 Å². The first-order chi connectivity index (χ1) is 8.49. The van der Waals surface area contributed by atoms with Gasteiger partial charge in [0.15, 0.2) is 0 Å². The molecule has 2 atom stereocenters. The molecule has 1 amide bonds. The van der Waals surface area contributed by atoms with Crippen molar-refractivity contribution in [2.75, 3.05) is 18.5 Å². The van der Waals surface area contributed by atoms with Crippen molar-refractivity contribution in [1.82, 2.24) is 0 Å². The largest absolute Gasteiger partial charge is 0.379 e. The highest BCUT2D eigenvalue weighted by Gasteiger charge is 2.31. The predicted molar refractivity (Wildman–Crippen MR) is 69.8 cm³/mol. The lowest BCUT2D eigenvalue weighted by Crippen LogP contribution is -2.37. The van der Waals surface area contributed by atoms with Gasteiger partial charge in [-0.2, -0.15) is 0 Å². The number of benzene rings is 1. The van der Waals surface area contributed by atoms with Crippen molar-refractivity contribution >= 4 is 27.5 Å². The molecule has 0 saturated carbocycles. The number of halogens is 2. The molecule has 3 N–H and O–H groups in total. The van der Waals surface area contributed by atoms with Crippen molar-refractivity contribution in [3.05, 3.63) is 28.0 Å². The number of amides is 1. The summed E-state index contributed by atoms with van der Waals surface area (Å²) in [7, 11) is 0. The third-order valence-corrected chi connectivity index (χ3v) is 3.59. The zero-order valence-electron chi connectivity index (χ0n) is 9.87. The van der Waals surface area contributed by atoms with Crippen LogP contribution in [0.25, 0.3) is 0 Å². The number of anilines is 1. The van der Waals surface area contributed by atoms with Gasteiger partial charge in [-0.1, -0.05) is 0 Å². The summed E-state index contributed by atoms with van der Waals surface area (Å²) in [5.41, 5.74) is 7.01. The lowest BCUT2D eigenvalue weighted by atomic mass is 10.0. The fraction of sp³-hybridized carbons (Fsp3) is 0.417. The molecule has 1 aliphatic heterocycles. The summed E-state index contributed by atoms with van der Waals surface area (Å²) in [6.45, 7) is 2.45. The van der Waals surface area contributed by atoms with Gasteiger partial charge in [0.1, 0.15) is 5.82 Å². The summed E-state index contributed by atoms with van der Waals surface area (Å²) in [5.74, 6) is -0.902. The van der Waals surface area contributed by atoms with Gasteiger partial charge >= 0.3 is 0 Å². The van der Waals surface area contributed by atoms with Crippen LogP contribution in [-0.2, 0) is 9.53 Å². The van der Waals surface area contributed by atoms with Crippen molar-refractivity contribution in [1.29, 1.82) is 0 Å². The van der Waals surface area contributed by atoms with E-state index < -0.39 is 0 Å². The summed E-state index contributed by atoms with van der Waals surface area (Å²) in [4.78, 5) is 12.0. The summed E-state index contributed by atoms with van der Waals surface area (Å²) < 4.78 is 18.7. The number of ether oxygens (including phenoxy) is 1. The maximum Gasteiger partial charge on any atom is 0.231 e. The molecule has 2 unspecified atom stereocenters. The number of nitrogens with one attached hydrogen (secondary N) is 1. The van der Waals surface area contributed by atoms with Crippen LogP contribution in [0.15, 0.2) is 16.6 Å². The number of nitrogens with two attached hydrogens (primary N) is 1. The molecule has 18 heavy (non-hydrogen) atoms. The Hall–Kier alpha value is -0.980. The SMILES string of the molecule is Cc1cc(F)c(Br)cc1NC(=O)C1COCC1N. The van der Waals surface area contributed by atoms with E-state index in [-0.39, 0.29) is 23.7 Å². The van der Waals surface area contributed by atoms with Crippen molar-refractivity contribution < 1.29 is 13.9 Å². The van der Waals surface area contributed by atoms with E-state index in [1.807, 2.05) is 0 Å². The van der Waals surface area contributed by atoms with Gasteiger partial charge < -0.3 is 15.8 Å². The first-order valence-corrected chi connectivity index (χ1v) is 6.38. The Balaban J connectivity index is 2.14. The van der Waals surface area contributed by atoms with Gasteiger partial charge in [-0.25, -0.2) is 4.39 Å². The first kappa shape index (κ1) is 13.5. The summed E-state index contributed by atoms with van der Waals surface area (Å²) in [6, 6.07) is 2.63. The molecular formula is C12H14BrFN2O2. The lowest BCUT2D eigenvalue weighted by Gasteiger charge is -2.15. The number of carbonyl (C=O) groups excluding carboxylic acids is 1. The van der Waals surface area contributed by atoms with E-state index in [0.29, 0.717) is 28.9 Å². The first-order valence-electron chi connectivity index (χ1n) is 5.59. The van der Waals surface area contributed by atoms with E-state index in [1.165, 1.54) is 6.07 Å². The zero-order valence-corrected chi connectivity index (χ0v) is 11.5. The number of carbonyl (C=O) groups is 1. The van der Waals surface area contributed by atoms with Crippen LogP contribution < -0.4 is 11.1 Å². The van der Waals surface area contributed by atoms with Gasteiger partial charge in [-0.15, -0.1) is 0 Å². The van der Waals surface area contributed by atoms with Crippen LogP contribution in [0.3, 0.4) is 0 Å². The Morgan fingerprint density at radius 3 is 2.89 bits per heavy atom. The Bertz CT molecular complexity index is 481. The molecular weight excluding hydrogens is 303 g/mol. The molecule has 0 aromatic heterocycles. The maximum absolute atomic E-state index is 13.3. The normalized spacial score (nSPS) is 23.1. The van der Waals surface area contributed by atoms with Crippen LogP contribution in [0.2, 0.25) is 0 Å². The molecule has 0 aliphatic carbocycles. The number of rotatable bonds is 2. The molecule has 1 saturated heterocycles. The molecule has 1 heterocycles. The van der Waals surface area contributed by atoms with Gasteiger partial charge in [-0.05, 0) is 40.5 Å². The molecule has 1 aliphatic rings. The fourth-order valence-electron chi connectivity index (χ4n) is 1.85. The summed E-state index contributed by atoms with van der Waals surface area (Å²) in [6.07, 6.45) is 0. The average molecular weight is 317 g/mol. The van der Waals surface area contributed by atoms with Crippen molar-refractivity contribution in [3.8, 4) is 0 Å². The second kappa shape index (κ2) is 5.34. The third-order valence-electron chi connectivity index (χ3n) is 2.99. The van der Waals surface area contributed by atoms with Gasteiger partial charge in [0.2, 0.25) is 5.91 Å². The van der Waals surface area contributed by atoms with Gasteiger partial charge in [-0.3, -0.25) is 4.79 Å². The molecule has 98 valence electrons. The van der Waals surface area contributed by atoms with E-state index in [9.17, 15) is 9.18 Å². The second-order valence-electron chi connectivity index (χ2n) is 4.38. The molecule has 4 nitrogen and oxygen atoms in total. The molecule has 1 aromatic rings. The van der Waals surface area contributed by atoms with Crippen molar-refractivity contribution in [3.63, 3.8) is 0 Å². The lowest BCUT2D eigenvalue weighted by molar-refractivity contribution is -0.120. The van der Waals surface area contributed by atoms with E-state index in [4.69, 9.17) is 10.5 Å². The fourth-order valence-corrected chi connectivity index (χ4v) is 2.19. The minimum absolute atomic E-state index is 0.193. The smallest absolute Gasteiger partial charge is 0.231 e. The molecule has 1 fully saturated rings. The molecule has 6 heteroatoms. The Morgan fingerprint density at radius 1 is 1.56 bits per heavy atom. The topological polar surface area (TPSA) is 64.3 Å². The average Bonchev–Trinajstić information content (AvgIpc) is 2.72. The van der Waals surface area contributed by atoms with E-state index >= 15 is 0 Å². The quantitative estimate of drug-likeness (QED) is 0.874. The van der Waals surface area contributed by atoms with Crippen LogP contribution in [-0.4, -0.2) is 25.2 Å². The van der Waals surface area contributed by atoms with E-state index in [1.54, 1.807) is 13.0 Å². The van der Waals surface area contributed by atoms with Crippen LogP contribution in [0, 0.1) is 18.7 Å². The Kier molecular flexibility index (Phi) is 3.99. The van der Waals surface area contributed by atoms with Gasteiger partial charge in [0, 0.05) is 11.7 Å². The molecule has 2 rings (SSSR count). The Morgan fingerprint density at radius 2 is 2.28 bits per heavy atom. The molecule has 0 spiro atoms. The second-order valence-corrected chi connectivity index (χ2v) is 5.23. The summed E-state index contributed by atoms with van der Waals surface area (Å²) in [5, 5.41) is 2.76. The molecule has 0 bridgehead atoms. The minimum Gasteiger partial charge on any atom is -0.379 e. The van der Waals surface area contributed by atoms with Gasteiger partial charge in [0.25, 0.3) is 0 Å². The maximum atomic E-state index is 13.3. The standard InChI is InChI=1S/C12H14BrFN2O2/c1-6-2-9(14)8(13)3-11(6)16-12(17)7-4-18-5-10(7)15/h2-3,7,10H,4-5,15H2,1H3,(H,16,17). The Labute approximate surface area is 113 Å². The third kappa shape index (κ3) is 2.71. The van der Waals surface area contributed by atoms with Crippen molar-refractivity contribution in [2.45, 2.75) is 13.0 Å². The predicted octanol–water partition coefficient (Wildman–Crippen LogP) is 1.81. The van der Waals surface area contributed by atoms with Crippen LogP contribution in [0.5, 0.6) is 0 Å². The molecule has 0 radical (unpaired) electrons. The number of hydrogen-bond donors (Lipinski definition) is 2. The van der Waals surface area contributed by atoms with E-state index in [2.05, 4.69) is 21.2 Å². The van der Waals surface area contributed by atoms with Crippen LogP contribution in [0.1, 0.15) is 5.56 Å².